The number of aromatic nitrogens is 1. The highest BCUT2D eigenvalue weighted by Gasteiger charge is 2.33. The number of carbonyl (C=O) groups is 2. The lowest BCUT2D eigenvalue weighted by atomic mass is 10.0. The molecule has 33 heavy (non-hydrogen) atoms. The Hall–Kier alpha value is -3.10. The van der Waals surface area contributed by atoms with Crippen LogP contribution in [-0.2, 0) is 24.2 Å². The molecule has 2 amide bonds. The third-order valence-corrected chi connectivity index (χ3v) is 7.74. The Balaban J connectivity index is 1.50. The van der Waals surface area contributed by atoms with E-state index in [1.54, 1.807) is 31.2 Å². The van der Waals surface area contributed by atoms with Crippen LogP contribution in [0.2, 0.25) is 0 Å². The van der Waals surface area contributed by atoms with Crippen LogP contribution in [-0.4, -0.2) is 46.6 Å². The molecular formula is C25H28N4O3S. The number of urea groups is 1. The molecule has 0 saturated carbocycles. The monoisotopic (exact) mass is 464 g/mol. The zero-order chi connectivity index (χ0) is 23.1. The molecule has 1 aromatic carbocycles. The predicted molar refractivity (Wildman–Crippen MR) is 129 cm³/mol. The third-order valence-electron chi connectivity index (χ3n) is 6.48. The van der Waals surface area contributed by atoms with Gasteiger partial charge in [-0.2, -0.15) is 0 Å². The van der Waals surface area contributed by atoms with Gasteiger partial charge in [0.2, 0.25) is 0 Å². The molecule has 3 aromatic rings. The van der Waals surface area contributed by atoms with Crippen molar-refractivity contribution in [1.29, 1.82) is 0 Å². The minimum absolute atomic E-state index is 0.128. The number of para-hydroxylation sites is 1. The van der Waals surface area contributed by atoms with Gasteiger partial charge in [-0.05, 0) is 57.1 Å². The fraction of sp³-hybridized carbons (Fsp3) is 0.360. The van der Waals surface area contributed by atoms with Gasteiger partial charge in [0.1, 0.15) is 5.00 Å². The molecule has 0 radical (unpaired) electrons. The van der Waals surface area contributed by atoms with Gasteiger partial charge >= 0.3 is 12.0 Å². The number of hydrogen-bond donors (Lipinski definition) is 1. The van der Waals surface area contributed by atoms with Crippen molar-refractivity contribution in [2.75, 3.05) is 25.5 Å². The van der Waals surface area contributed by atoms with Crippen molar-refractivity contribution >= 4 is 29.0 Å². The number of rotatable bonds is 3. The normalized spacial score (nSPS) is 17.5. The lowest BCUT2D eigenvalue weighted by Crippen LogP contribution is -2.37. The van der Waals surface area contributed by atoms with Gasteiger partial charge < -0.3 is 24.4 Å². The molecule has 4 heterocycles. The molecule has 2 aliphatic rings. The van der Waals surface area contributed by atoms with E-state index >= 15 is 0 Å². The molecule has 0 bridgehead atoms. The molecule has 2 aromatic heterocycles. The number of carbonyl (C=O) groups excluding carboxylic acids is 2. The zero-order valence-corrected chi connectivity index (χ0v) is 19.9. The summed E-state index contributed by atoms with van der Waals surface area (Å²) in [6.45, 7) is 6.59. The molecule has 0 fully saturated rings. The summed E-state index contributed by atoms with van der Waals surface area (Å²) < 4.78 is 7.41. The third kappa shape index (κ3) is 3.83. The van der Waals surface area contributed by atoms with Crippen LogP contribution in [0.15, 0.2) is 42.6 Å². The first-order chi connectivity index (χ1) is 16.0. The van der Waals surface area contributed by atoms with Crippen molar-refractivity contribution < 1.29 is 14.3 Å². The summed E-state index contributed by atoms with van der Waals surface area (Å²) in [6, 6.07) is 10.8. The number of nitrogens with one attached hydrogen (secondary N) is 1. The van der Waals surface area contributed by atoms with Crippen molar-refractivity contribution in [3.63, 3.8) is 0 Å². The minimum Gasteiger partial charge on any atom is -0.462 e. The Kier molecular flexibility index (Phi) is 5.72. The van der Waals surface area contributed by atoms with Crippen LogP contribution in [0.5, 0.6) is 0 Å². The number of esters is 1. The Morgan fingerprint density at radius 1 is 1.15 bits per heavy atom. The molecule has 0 aliphatic carbocycles. The number of likely N-dealkylation sites (N-methyl/N-ethyl adjacent to an activating group) is 1. The van der Waals surface area contributed by atoms with Crippen LogP contribution >= 0.6 is 11.3 Å². The fourth-order valence-corrected chi connectivity index (χ4v) is 6.18. The molecule has 2 aliphatic heterocycles. The fourth-order valence-electron chi connectivity index (χ4n) is 4.74. The number of nitrogens with zero attached hydrogens (tertiary/aromatic N) is 3. The van der Waals surface area contributed by atoms with Crippen LogP contribution in [0.1, 0.15) is 51.9 Å². The van der Waals surface area contributed by atoms with Gasteiger partial charge in [-0.1, -0.05) is 12.1 Å². The van der Waals surface area contributed by atoms with Crippen molar-refractivity contribution in [2.45, 2.75) is 39.4 Å². The maximum Gasteiger partial charge on any atom is 0.340 e. The first-order valence-corrected chi connectivity index (χ1v) is 12.1. The van der Waals surface area contributed by atoms with Gasteiger partial charge in [0.25, 0.3) is 0 Å². The van der Waals surface area contributed by atoms with E-state index in [9.17, 15) is 9.59 Å². The SMILES string of the molecule is CCOC(=O)c1ccccc1NC(=O)N1Cc2c(sc3c2CCN(C)C3)-n2cccc2C1C. The summed E-state index contributed by atoms with van der Waals surface area (Å²) in [4.78, 5) is 31.6. The Morgan fingerprint density at radius 2 is 1.97 bits per heavy atom. The second-order valence-corrected chi connectivity index (χ2v) is 9.66. The van der Waals surface area contributed by atoms with E-state index in [-0.39, 0.29) is 18.7 Å². The van der Waals surface area contributed by atoms with Crippen LogP contribution in [0.4, 0.5) is 10.5 Å². The molecule has 8 heteroatoms. The van der Waals surface area contributed by atoms with E-state index in [2.05, 4.69) is 41.0 Å². The Labute approximate surface area is 197 Å². The molecule has 5 rings (SSSR count). The smallest absolute Gasteiger partial charge is 0.340 e. The average Bonchev–Trinajstić information content (AvgIpc) is 3.39. The van der Waals surface area contributed by atoms with Crippen LogP contribution in [0.25, 0.3) is 5.00 Å². The highest BCUT2D eigenvalue weighted by atomic mass is 32.1. The minimum atomic E-state index is -0.440. The van der Waals surface area contributed by atoms with E-state index in [1.165, 1.54) is 21.0 Å². The lowest BCUT2D eigenvalue weighted by Gasteiger charge is -2.29. The number of ether oxygens (including phenoxy) is 1. The summed E-state index contributed by atoms with van der Waals surface area (Å²) in [5.74, 6) is -0.440. The highest BCUT2D eigenvalue weighted by Crippen LogP contribution is 2.41. The topological polar surface area (TPSA) is 66.8 Å². The number of thiophene rings is 1. The number of amides is 2. The maximum atomic E-state index is 13.6. The summed E-state index contributed by atoms with van der Waals surface area (Å²) in [5.41, 5.74) is 4.51. The number of benzene rings is 1. The number of fused-ring (bicyclic) bond motifs is 5. The van der Waals surface area contributed by atoms with E-state index < -0.39 is 5.97 Å². The van der Waals surface area contributed by atoms with Crippen LogP contribution in [0, 0.1) is 0 Å². The first kappa shape index (κ1) is 21.7. The molecule has 1 unspecified atom stereocenters. The largest absolute Gasteiger partial charge is 0.462 e. The van der Waals surface area contributed by atoms with Crippen molar-refractivity contribution in [3.8, 4) is 5.00 Å². The summed E-state index contributed by atoms with van der Waals surface area (Å²) in [5, 5.41) is 4.20. The van der Waals surface area contributed by atoms with Gasteiger partial charge in [0, 0.05) is 35.4 Å². The van der Waals surface area contributed by atoms with Gasteiger partial charge in [0.15, 0.2) is 0 Å². The summed E-state index contributed by atoms with van der Waals surface area (Å²) in [6.07, 6.45) is 3.08. The average molecular weight is 465 g/mol. The second kappa shape index (κ2) is 8.68. The molecular weight excluding hydrogens is 436 g/mol. The van der Waals surface area contributed by atoms with Crippen molar-refractivity contribution in [3.05, 3.63) is 69.9 Å². The highest BCUT2D eigenvalue weighted by molar-refractivity contribution is 7.15. The molecule has 0 saturated heterocycles. The summed E-state index contributed by atoms with van der Waals surface area (Å²) in [7, 11) is 2.15. The molecule has 1 atom stereocenters. The van der Waals surface area contributed by atoms with Crippen LogP contribution < -0.4 is 5.32 Å². The molecule has 0 spiro atoms. The maximum absolute atomic E-state index is 13.6. The lowest BCUT2D eigenvalue weighted by molar-refractivity contribution is 0.0527. The molecule has 7 nitrogen and oxygen atoms in total. The number of anilines is 1. The van der Waals surface area contributed by atoms with E-state index in [4.69, 9.17) is 4.74 Å². The van der Waals surface area contributed by atoms with Gasteiger partial charge in [-0.15, -0.1) is 11.3 Å². The van der Waals surface area contributed by atoms with Gasteiger partial charge in [-0.3, -0.25) is 0 Å². The number of hydrogen-bond acceptors (Lipinski definition) is 5. The van der Waals surface area contributed by atoms with E-state index in [0.717, 1.165) is 25.2 Å². The zero-order valence-electron chi connectivity index (χ0n) is 19.1. The quantitative estimate of drug-likeness (QED) is 0.565. The molecule has 1 N–H and O–H groups in total. The van der Waals surface area contributed by atoms with E-state index in [0.29, 0.717) is 17.8 Å². The standard InChI is InChI=1S/C25H28N4O3S/c1-4-32-24(30)18-8-5-6-9-20(18)26-25(31)29-14-19-17-11-13-27(3)15-22(17)33-23(19)28-12-7-10-21(28)16(29)2/h5-10,12,16H,4,11,13-15H2,1-3H3,(H,26,31). The Bertz CT molecular complexity index is 1210. The summed E-state index contributed by atoms with van der Waals surface area (Å²) >= 11 is 1.84. The Morgan fingerprint density at radius 3 is 2.79 bits per heavy atom. The predicted octanol–water partition coefficient (Wildman–Crippen LogP) is 4.81. The van der Waals surface area contributed by atoms with Gasteiger partial charge in [0.05, 0.1) is 30.4 Å². The van der Waals surface area contributed by atoms with Gasteiger partial charge in [-0.25, -0.2) is 9.59 Å². The second-order valence-electron chi connectivity index (χ2n) is 8.58. The van der Waals surface area contributed by atoms with Crippen molar-refractivity contribution in [2.24, 2.45) is 0 Å². The van der Waals surface area contributed by atoms with Crippen LogP contribution in [0.3, 0.4) is 0 Å². The van der Waals surface area contributed by atoms with E-state index in [1.807, 2.05) is 22.3 Å². The van der Waals surface area contributed by atoms with Crippen molar-refractivity contribution in [1.82, 2.24) is 14.4 Å². The first-order valence-electron chi connectivity index (χ1n) is 11.3. The molecule has 172 valence electrons.